The van der Waals surface area contributed by atoms with Crippen LogP contribution < -0.4 is 5.73 Å². The third-order valence-corrected chi connectivity index (χ3v) is 4.41. The van der Waals surface area contributed by atoms with E-state index in [9.17, 15) is 0 Å². The lowest BCUT2D eigenvalue weighted by Gasteiger charge is -2.21. The zero-order valence-electron chi connectivity index (χ0n) is 9.34. The third-order valence-electron chi connectivity index (χ3n) is 4.41. The minimum atomic E-state index is 0.453. The molecule has 0 bridgehead atoms. The average molecular weight is 205 g/mol. The highest BCUT2D eigenvalue weighted by molar-refractivity contribution is 5.48. The molecule has 2 atom stereocenters. The highest BCUT2D eigenvalue weighted by atomic mass is 15.2. The molecule has 2 saturated carbocycles. The second-order valence-electron chi connectivity index (χ2n) is 5.12. The fourth-order valence-electron chi connectivity index (χ4n) is 3.48. The monoisotopic (exact) mass is 205 g/mol. The van der Waals surface area contributed by atoms with Crippen molar-refractivity contribution >= 4 is 5.82 Å². The van der Waals surface area contributed by atoms with Crippen LogP contribution in [0.25, 0.3) is 0 Å². The van der Waals surface area contributed by atoms with Crippen LogP contribution in [0, 0.1) is 5.92 Å². The molecule has 1 heterocycles. The Morgan fingerprint density at radius 1 is 1.53 bits per heavy atom. The summed E-state index contributed by atoms with van der Waals surface area (Å²) in [6.07, 6.45) is 7.90. The molecule has 2 aliphatic rings. The normalized spacial score (nSPS) is 33.8. The Morgan fingerprint density at radius 2 is 2.40 bits per heavy atom. The maximum atomic E-state index is 5.89. The summed E-state index contributed by atoms with van der Waals surface area (Å²) in [4.78, 5) is 0. The van der Waals surface area contributed by atoms with Crippen molar-refractivity contribution in [2.75, 3.05) is 5.73 Å². The quantitative estimate of drug-likeness (QED) is 0.779. The second-order valence-corrected chi connectivity index (χ2v) is 5.12. The van der Waals surface area contributed by atoms with Gasteiger partial charge in [-0.05, 0) is 31.6 Å². The van der Waals surface area contributed by atoms with E-state index in [1.165, 1.54) is 43.4 Å². The number of aromatic nitrogens is 2. The molecule has 0 aromatic carbocycles. The summed E-state index contributed by atoms with van der Waals surface area (Å²) in [5, 5.41) is 7.39. The Bertz CT molecular complexity index is 382. The van der Waals surface area contributed by atoms with Crippen LogP contribution in [0.1, 0.15) is 50.3 Å². The van der Waals surface area contributed by atoms with Crippen molar-refractivity contribution in [1.29, 1.82) is 0 Å². The van der Waals surface area contributed by atoms with Crippen molar-refractivity contribution < 1.29 is 0 Å². The van der Waals surface area contributed by atoms with E-state index >= 15 is 0 Å². The largest absolute Gasteiger partial charge is 0.382 e. The van der Waals surface area contributed by atoms with Crippen molar-refractivity contribution in [1.82, 2.24) is 10.2 Å². The van der Waals surface area contributed by atoms with Gasteiger partial charge in [0.05, 0.1) is 0 Å². The predicted molar refractivity (Wildman–Crippen MR) is 60.6 cm³/mol. The first-order valence-corrected chi connectivity index (χ1v) is 6.11. The van der Waals surface area contributed by atoms with Gasteiger partial charge >= 0.3 is 0 Å². The number of hydrogen-bond donors (Lipinski definition) is 2. The molecule has 2 aliphatic carbocycles. The lowest BCUT2D eigenvalue weighted by molar-refractivity contribution is 0.419. The molecule has 82 valence electrons. The molecule has 2 unspecified atom stereocenters. The van der Waals surface area contributed by atoms with Crippen molar-refractivity contribution in [3.63, 3.8) is 0 Å². The summed E-state index contributed by atoms with van der Waals surface area (Å²) in [5.41, 5.74) is 8.99. The second kappa shape index (κ2) is 3.00. The lowest BCUT2D eigenvalue weighted by Crippen LogP contribution is -2.16. The number of nitrogens with two attached hydrogens (primary N) is 1. The van der Waals surface area contributed by atoms with Gasteiger partial charge in [0.1, 0.15) is 5.82 Å². The third kappa shape index (κ3) is 1.15. The molecule has 15 heavy (non-hydrogen) atoms. The fourth-order valence-corrected chi connectivity index (χ4v) is 3.48. The van der Waals surface area contributed by atoms with Crippen molar-refractivity contribution in [2.24, 2.45) is 5.92 Å². The van der Waals surface area contributed by atoms with E-state index in [1.807, 2.05) is 0 Å². The van der Waals surface area contributed by atoms with Crippen LogP contribution in [0.2, 0.25) is 0 Å². The van der Waals surface area contributed by atoms with Crippen molar-refractivity contribution in [3.05, 3.63) is 11.3 Å². The smallest absolute Gasteiger partial charge is 0.148 e. The molecule has 2 fully saturated rings. The first-order valence-electron chi connectivity index (χ1n) is 6.11. The molecule has 3 rings (SSSR count). The summed E-state index contributed by atoms with van der Waals surface area (Å²) >= 11 is 0. The van der Waals surface area contributed by atoms with E-state index in [0.717, 1.165) is 18.2 Å². The molecule has 0 radical (unpaired) electrons. The Balaban J connectivity index is 1.99. The van der Waals surface area contributed by atoms with Gasteiger partial charge in [0.2, 0.25) is 0 Å². The van der Waals surface area contributed by atoms with E-state index in [-0.39, 0.29) is 0 Å². The summed E-state index contributed by atoms with van der Waals surface area (Å²) in [7, 11) is 0. The summed E-state index contributed by atoms with van der Waals surface area (Å²) in [6.45, 7) is 2.17. The van der Waals surface area contributed by atoms with E-state index in [4.69, 9.17) is 5.73 Å². The van der Waals surface area contributed by atoms with Crippen LogP contribution in [-0.2, 0) is 11.8 Å². The number of nitrogens with zero attached hydrogens (tertiary/aromatic N) is 1. The molecule has 1 aromatic rings. The fraction of sp³-hybridized carbons (Fsp3) is 0.750. The van der Waals surface area contributed by atoms with Gasteiger partial charge in [-0.2, -0.15) is 5.10 Å². The molecule has 3 heteroatoms. The van der Waals surface area contributed by atoms with E-state index in [0.29, 0.717) is 5.41 Å². The molecule has 3 nitrogen and oxygen atoms in total. The highest BCUT2D eigenvalue weighted by Gasteiger charge is 2.57. The van der Waals surface area contributed by atoms with Crippen LogP contribution >= 0.6 is 0 Å². The number of rotatable bonds is 2. The molecule has 1 aromatic heterocycles. The summed E-state index contributed by atoms with van der Waals surface area (Å²) < 4.78 is 0. The zero-order chi connectivity index (χ0) is 10.5. The van der Waals surface area contributed by atoms with E-state index in [2.05, 4.69) is 17.1 Å². The topological polar surface area (TPSA) is 54.7 Å². The Hall–Kier alpha value is -0.990. The molecule has 3 N–H and O–H groups in total. The Morgan fingerprint density at radius 3 is 3.13 bits per heavy atom. The number of anilines is 1. The maximum Gasteiger partial charge on any atom is 0.148 e. The number of hydrogen-bond acceptors (Lipinski definition) is 2. The van der Waals surface area contributed by atoms with Gasteiger partial charge in [0.15, 0.2) is 0 Å². The van der Waals surface area contributed by atoms with Crippen molar-refractivity contribution in [2.45, 2.75) is 50.9 Å². The van der Waals surface area contributed by atoms with Gasteiger partial charge in [-0.15, -0.1) is 0 Å². The minimum absolute atomic E-state index is 0.453. The molecular formula is C12H19N3. The van der Waals surface area contributed by atoms with Crippen LogP contribution in [-0.4, -0.2) is 10.2 Å². The van der Waals surface area contributed by atoms with Gasteiger partial charge in [-0.1, -0.05) is 19.8 Å². The maximum absolute atomic E-state index is 5.89. The van der Waals surface area contributed by atoms with Gasteiger partial charge in [-0.3, -0.25) is 5.10 Å². The summed E-state index contributed by atoms with van der Waals surface area (Å²) in [5.74, 6) is 1.63. The molecular weight excluding hydrogens is 186 g/mol. The highest BCUT2D eigenvalue weighted by Crippen LogP contribution is 2.62. The standard InChI is InChI=1S/C12H19N3/c1-2-9-10(14-15-11(9)13)12-6-4-3-5-8(12)7-12/h8H,2-7H2,1H3,(H3,13,14,15). The van der Waals surface area contributed by atoms with Crippen LogP contribution in [0.5, 0.6) is 0 Å². The minimum Gasteiger partial charge on any atom is -0.382 e. The lowest BCUT2D eigenvalue weighted by atomic mass is 9.84. The van der Waals surface area contributed by atoms with E-state index < -0.39 is 0 Å². The van der Waals surface area contributed by atoms with Crippen LogP contribution in [0.3, 0.4) is 0 Å². The number of fused-ring (bicyclic) bond motifs is 1. The first kappa shape index (κ1) is 9.25. The Labute approximate surface area is 90.4 Å². The van der Waals surface area contributed by atoms with Gasteiger partial charge in [-0.25, -0.2) is 0 Å². The van der Waals surface area contributed by atoms with Gasteiger partial charge < -0.3 is 5.73 Å². The van der Waals surface area contributed by atoms with Crippen LogP contribution in [0.15, 0.2) is 0 Å². The first-order chi connectivity index (χ1) is 7.28. The Kier molecular flexibility index (Phi) is 1.85. The van der Waals surface area contributed by atoms with E-state index in [1.54, 1.807) is 0 Å². The molecule has 0 amide bonds. The predicted octanol–water partition coefficient (Wildman–Crippen LogP) is 2.39. The SMILES string of the molecule is CCc1c(N)n[nH]c1C12CCCCC1C2. The number of nitrogens with one attached hydrogen (secondary N) is 1. The number of aromatic amines is 1. The summed E-state index contributed by atoms with van der Waals surface area (Å²) in [6, 6.07) is 0. The average Bonchev–Trinajstić information content (AvgIpc) is 2.88. The molecule has 0 spiro atoms. The molecule has 0 saturated heterocycles. The van der Waals surface area contributed by atoms with Gasteiger partial charge in [0, 0.05) is 16.7 Å². The van der Waals surface area contributed by atoms with Gasteiger partial charge in [0.25, 0.3) is 0 Å². The van der Waals surface area contributed by atoms with Crippen molar-refractivity contribution in [3.8, 4) is 0 Å². The van der Waals surface area contributed by atoms with Crippen LogP contribution in [0.4, 0.5) is 5.82 Å². The number of nitrogen functional groups attached to an aromatic ring is 1. The molecule has 0 aliphatic heterocycles. The zero-order valence-corrected chi connectivity index (χ0v) is 9.34. The number of H-pyrrole nitrogens is 1.